The van der Waals surface area contributed by atoms with Crippen LogP contribution in [0.1, 0.15) is 20.3 Å². The molecule has 0 radical (unpaired) electrons. The van der Waals surface area contributed by atoms with Gasteiger partial charge in [0.25, 0.3) is 0 Å². The molecule has 0 unspecified atom stereocenters. The van der Waals surface area contributed by atoms with Gasteiger partial charge in [0.1, 0.15) is 5.76 Å². The number of carbonyl (C=O) groups excluding carboxylic acids is 1. The molecular formula is C10H15NO2. The minimum Gasteiger partial charge on any atom is -0.410 e. The topological polar surface area (TPSA) is 29.5 Å². The fourth-order valence-corrected chi connectivity index (χ4v) is 1.23. The van der Waals surface area contributed by atoms with Crippen LogP contribution in [0.25, 0.3) is 0 Å². The maximum atomic E-state index is 11.2. The number of ether oxygens (including phenoxy) is 1. The Morgan fingerprint density at radius 3 is 2.85 bits per heavy atom. The Labute approximate surface area is 78.7 Å². The number of likely N-dealkylation sites (N-methyl/N-ethyl adjacent to an activating group) is 1. The fraction of sp³-hybridized carbons (Fsp3) is 0.500. The molecule has 0 aliphatic carbocycles. The molecule has 72 valence electrons. The minimum absolute atomic E-state index is 0.273. The van der Waals surface area contributed by atoms with Crippen molar-refractivity contribution in [1.29, 1.82) is 0 Å². The molecule has 0 N–H and O–H groups in total. The first-order valence-electron chi connectivity index (χ1n) is 4.47. The molecule has 1 rings (SSSR count). The van der Waals surface area contributed by atoms with Crippen molar-refractivity contribution in [1.82, 2.24) is 4.90 Å². The van der Waals surface area contributed by atoms with E-state index >= 15 is 0 Å². The van der Waals surface area contributed by atoms with E-state index in [0.717, 1.165) is 12.0 Å². The van der Waals surface area contributed by atoms with Crippen LogP contribution in [-0.2, 0) is 4.74 Å². The summed E-state index contributed by atoms with van der Waals surface area (Å²) in [5.41, 5.74) is 1.07. The van der Waals surface area contributed by atoms with Gasteiger partial charge in [0.2, 0.25) is 0 Å². The largest absolute Gasteiger partial charge is 0.415 e. The van der Waals surface area contributed by atoms with Gasteiger partial charge in [-0.25, -0.2) is 4.79 Å². The van der Waals surface area contributed by atoms with Gasteiger partial charge in [0, 0.05) is 12.6 Å². The second-order valence-corrected chi connectivity index (χ2v) is 3.01. The highest BCUT2D eigenvalue weighted by atomic mass is 16.6. The van der Waals surface area contributed by atoms with Gasteiger partial charge in [-0.05, 0) is 19.4 Å². The smallest absolute Gasteiger partial charge is 0.410 e. The van der Waals surface area contributed by atoms with Crippen LogP contribution in [0.4, 0.5) is 4.79 Å². The predicted octanol–water partition coefficient (Wildman–Crippen LogP) is 2.31. The van der Waals surface area contributed by atoms with Gasteiger partial charge < -0.3 is 9.64 Å². The Balaban J connectivity index is 2.85. The van der Waals surface area contributed by atoms with Gasteiger partial charge in [-0.2, -0.15) is 0 Å². The van der Waals surface area contributed by atoms with Gasteiger partial charge in [-0.3, -0.25) is 0 Å². The molecule has 3 nitrogen and oxygen atoms in total. The van der Waals surface area contributed by atoms with Crippen molar-refractivity contribution in [3.8, 4) is 0 Å². The highest BCUT2D eigenvalue weighted by Gasteiger charge is 2.22. The third kappa shape index (κ3) is 2.11. The van der Waals surface area contributed by atoms with Crippen LogP contribution in [0.3, 0.4) is 0 Å². The van der Waals surface area contributed by atoms with E-state index in [9.17, 15) is 4.79 Å². The van der Waals surface area contributed by atoms with E-state index in [1.54, 1.807) is 11.9 Å². The van der Waals surface area contributed by atoms with Crippen molar-refractivity contribution >= 4 is 6.09 Å². The van der Waals surface area contributed by atoms with Crippen molar-refractivity contribution in [3.05, 3.63) is 23.5 Å². The summed E-state index contributed by atoms with van der Waals surface area (Å²) < 4.78 is 5.12. The molecule has 1 aliphatic rings. The first-order chi connectivity index (χ1) is 6.19. The van der Waals surface area contributed by atoms with Crippen molar-refractivity contribution < 1.29 is 9.53 Å². The molecule has 3 heteroatoms. The highest BCUT2D eigenvalue weighted by molar-refractivity contribution is 5.72. The minimum atomic E-state index is -0.273. The van der Waals surface area contributed by atoms with E-state index < -0.39 is 0 Å². The Kier molecular flexibility index (Phi) is 3.12. The van der Waals surface area contributed by atoms with E-state index in [2.05, 4.69) is 0 Å². The number of rotatable bonds is 1. The van der Waals surface area contributed by atoms with Crippen molar-refractivity contribution in [2.75, 3.05) is 13.6 Å². The SMILES string of the molecule is C/C=C1/CN(C)C(=O)O/C1=C/CC. The van der Waals surface area contributed by atoms with Gasteiger partial charge in [0.15, 0.2) is 0 Å². The van der Waals surface area contributed by atoms with Crippen LogP contribution < -0.4 is 0 Å². The van der Waals surface area contributed by atoms with E-state index in [1.807, 2.05) is 26.0 Å². The average molecular weight is 181 g/mol. The van der Waals surface area contributed by atoms with Gasteiger partial charge >= 0.3 is 6.09 Å². The molecule has 1 aliphatic heterocycles. The monoisotopic (exact) mass is 181 g/mol. The predicted molar refractivity (Wildman–Crippen MR) is 51.2 cm³/mol. The number of hydrogen-bond acceptors (Lipinski definition) is 2. The summed E-state index contributed by atoms with van der Waals surface area (Å²) in [5, 5.41) is 0. The Hall–Kier alpha value is -1.25. The summed E-state index contributed by atoms with van der Waals surface area (Å²) >= 11 is 0. The van der Waals surface area contributed by atoms with Crippen molar-refractivity contribution in [3.63, 3.8) is 0 Å². The van der Waals surface area contributed by atoms with E-state index in [0.29, 0.717) is 12.3 Å². The standard InChI is InChI=1S/C10H15NO2/c1-4-6-9-8(5-2)7-11(3)10(12)13-9/h5-6H,4,7H2,1-3H3/b8-5-,9-6+. The molecule has 1 saturated heterocycles. The van der Waals surface area contributed by atoms with Crippen LogP contribution in [0, 0.1) is 0 Å². The molecule has 0 atom stereocenters. The fourth-order valence-electron chi connectivity index (χ4n) is 1.23. The third-order valence-electron chi connectivity index (χ3n) is 1.97. The molecule has 1 fully saturated rings. The molecule has 0 bridgehead atoms. The zero-order chi connectivity index (χ0) is 9.84. The average Bonchev–Trinajstić information content (AvgIpc) is 2.11. The molecule has 1 amide bonds. The van der Waals surface area contributed by atoms with E-state index in [1.165, 1.54) is 0 Å². The summed E-state index contributed by atoms with van der Waals surface area (Å²) in [6.07, 6.45) is 4.51. The molecule has 0 aromatic carbocycles. The maximum absolute atomic E-state index is 11.2. The summed E-state index contributed by atoms with van der Waals surface area (Å²) in [5.74, 6) is 0.716. The van der Waals surface area contributed by atoms with Crippen LogP contribution in [0.5, 0.6) is 0 Å². The van der Waals surface area contributed by atoms with Gasteiger partial charge in [-0.1, -0.05) is 13.0 Å². The summed E-state index contributed by atoms with van der Waals surface area (Å²) in [6, 6.07) is 0. The molecule has 0 spiro atoms. The zero-order valence-corrected chi connectivity index (χ0v) is 8.33. The van der Waals surface area contributed by atoms with Crippen molar-refractivity contribution in [2.45, 2.75) is 20.3 Å². The number of nitrogens with zero attached hydrogens (tertiary/aromatic N) is 1. The lowest BCUT2D eigenvalue weighted by Gasteiger charge is -2.26. The maximum Gasteiger partial charge on any atom is 0.415 e. The lowest BCUT2D eigenvalue weighted by atomic mass is 10.1. The first-order valence-corrected chi connectivity index (χ1v) is 4.47. The molecule has 0 saturated carbocycles. The second-order valence-electron chi connectivity index (χ2n) is 3.01. The van der Waals surface area contributed by atoms with Crippen LogP contribution in [-0.4, -0.2) is 24.6 Å². The second kappa shape index (κ2) is 4.12. The van der Waals surface area contributed by atoms with Crippen LogP contribution in [0.2, 0.25) is 0 Å². The number of carbonyl (C=O) groups is 1. The Morgan fingerprint density at radius 2 is 2.31 bits per heavy atom. The lowest BCUT2D eigenvalue weighted by molar-refractivity contribution is 0.130. The Morgan fingerprint density at radius 1 is 1.62 bits per heavy atom. The number of hydrogen-bond donors (Lipinski definition) is 0. The summed E-state index contributed by atoms with van der Waals surface area (Å²) in [4.78, 5) is 12.7. The quantitative estimate of drug-likeness (QED) is 0.621. The summed E-state index contributed by atoms with van der Waals surface area (Å²) in [6.45, 7) is 4.61. The Bertz CT molecular complexity index is 266. The number of cyclic esters (lactones) is 1. The first kappa shape index (κ1) is 9.84. The van der Waals surface area contributed by atoms with Crippen molar-refractivity contribution in [2.24, 2.45) is 0 Å². The van der Waals surface area contributed by atoms with Gasteiger partial charge in [0.05, 0.1) is 6.54 Å². The molecule has 13 heavy (non-hydrogen) atoms. The van der Waals surface area contributed by atoms with E-state index in [-0.39, 0.29) is 6.09 Å². The molecule has 1 heterocycles. The molecule has 0 aromatic rings. The zero-order valence-electron chi connectivity index (χ0n) is 8.33. The number of amides is 1. The molecular weight excluding hydrogens is 166 g/mol. The normalized spacial score (nSPS) is 23.9. The van der Waals surface area contributed by atoms with Crippen LogP contribution in [0.15, 0.2) is 23.5 Å². The third-order valence-corrected chi connectivity index (χ3v) is 1.97. The van der Waals surface area contributed by atoms with E-state index in [4.69, 9.17) is 4.74 Å². The van der Waals surface area contributed by atoms with Crippen LogP contribution >= 0.6 is 0 Å². The lowest BCUT2D eigenvalue weighted by Crippen LogP contribution is -2.34. The number of allylic oxidation sites excluding steroid dienone is 2. The highest BCUT2D eigenvalue weighted by Crippen LogP contribution is 2.20. The summed E-state index contributed by atoms with van der Waals surface area (Å²) in [7, 11) is 1.73. The molecule has 0 aromatic heterocycles. The van der Waals surface area contributed by atoms with Gasteiger partial charge in [-0.15, -0.1) is 0 Å².